The molecule has 1 aliphatic carbocycles. The maximum Gasteiger partial charge on any atom is 0.326 e. The Kier molecular flexibility index (Phi) is 5.79. The smallest absolute Gasteiger partial charge is 0.326 e. The normalized spacial score (nSPS) is 30.0. The molecule has 5 heteroatoms. The molecule has 21 heavy (non-hydrogen) atoms. The van der Waals surface area contributed by atoms with E-state index in [1.165, 1.54) is 0 Å². The van der Waals surface area contributed by atoms with Crippen LogP contribution < -0.4 is 11.1 Å². The first kappa shape index (κ1) is 18.0. The van der Waals surface area contributed by atoms with Crippen LogP contribution in [-0.4, -0.2) is 29.1 Å². The average molecular weight is 298 g/mol. The second kappa shape index (κ2) is 6.77. The lowest BCUT2D eigenvalue weighted by Gasteiger charge is -2.46. The van der Waals surface area contributed by atoms with Gasteiger partial charge >= 0.3 is 5.97 Å². The number of carbonyl (C=O) groups excluding carboxylic acids is 1. The molecule has 1 amide bonds. The number of nitrogens with two attached hydrogens (primary N) is 1. The Morgan fingerprint density at radius 2 is 1.90 bits per heavy atom. The van der Waals surface area contributed by atoms with Crippen molar-refractivity contribution >= 4 is 11.9 Å². The lowest BCUT2D eigenvalue weighted by molar-refractivity contribution is -0.144. The lowest BCUT2D eigenvalue weighted by atomic mass is 9.61. The predicted octanol–water partition coefficient (Wildman–Crippen LogP) is 2.00. The monoisotopic (exact) mass is 298 g/mol. The topological polar surface area (TPSA) is 92.4 Å². The van der Waals surface area contributed by atoms with Crippen molar-refractivity contribution in [1.29, 1.82) is 0 Å². The van der Waals surface area contributed by atoms with Crippen LogP contribution in [0.5, 0.6) is 0 Å². The molecular weight excluding hydrogens is 268 g/mol. The van der Waals surface area contributed by atoms with Crippen LogP contribution in [0.15, 0.2) is 0 Å². The van der Waals surface area contributed by atoms with Crippen LogP contribution >= 0.6 is 0 Å². The van der Waals surface area contributed by atoms with Crippen LogP contribution in [0.2, 0.25) is 0 Å². The van der Waals surface area contributed by atoms with Gasteiger partial charge in [0, 0.05) is 12.0 Å². The maximum atomic E-state index is 12.5. The average Bonchev–Trinajstić information content (AvgIpc) is 2.34. The Morgan fingerprint density at radius 1 is 1.33 bits per heavy atom. The largest absolute Gasteiger partial charge is 0.480 e. The maximum absolute atomic E-state index is 12.5. The highest BCUT2D eigenvalue weighted by molar-refractivity contribution is 5.85. The fourth-order valence-electron chi connectivity index (χ4n) is 3.28. The predicted molar refractivity (Wildman–Crippen MR) is 82.7 cm³/mol. The van der Waals surface area contributed by atoms with Crippen molar-refractivity contribution in [2.24, 2.45) is 28.9 Å². The zero-order chi connectivity index (χ0) is 16.4. The number of nitrogens with one attached hydrogen (secondary N) is 1. The first-order valence-corrected chi connectivity index (χ1v) is 7.86. The minimum atomic E-state index is -0.963. The Labute approximate surface area is 127 Å². The molecular formula is C16H30N2O3. The number of rotatable bonds is 5. The van der Waals surface area contributed by atoms with Gasteiger partial charge in [-0.05, 0) is 36.5 Å². The minimum absolute atomic E-state index is 0.106. The molecule has 0 aromatic heterocycles. The summed E-state index contributed by atoms with van der Waals surface area (Å²) >= 11 is 0. The second-order valence-corrected chi connectivity index (χ2v) is 7.43. The van der Waals surface area contributed by atoms with Gasteiger partial charge in [-0.25, -0.2) is 4.79 Å². The molecule has 0 saturated heterocycles. The minimum Gasteiger partial charge on any atom is -0.480 e. The summed E-state index contributed by atoms with van der Waals surface area (Å²) in [7, 11) is 0. The van der Waals surface area contributed by atoms with Gasteiger partial charge in [-0.15, -0.1) is 0 Å². The molecule has 4 unspecified atom stereocenters. The van der Waals surface area contributed by atoms with Gasteiger partial charge in [-0.2, -0.15) is 0 Å². The summed E-state index contributed by atoms with van der Waals surface area (Å²) in [6.45, 7) is 10.1. The molecule has 4 atom stereocenters. The van der Waals surface area contributed by atoms with E-state index < -0.39 is 12.0 Å². The van der Waals surface area contributed by atoms with E-state index in [0.29, 0.717) is 6.42 Å². The van der Waals surface area contributed by atoms with E-state index in [1.54, 1.807) is 0 Å². The SMILES string of the molecule is CC(C)CC(NC(=O)C1CCC(N)C(C)C1(C)C)C(=O)O. The van der Waals surface area contributed by atoms with Crippen molar-refractivity contribution in [3.63, 3.8) is 0 Å². The summed E-state index contributed by atoms with van der Waals surface area (Å²) in [6.07, 6.45) is 1.98. The number of hydrogen-bond donors (Lipinski definition) is 3. The molecule has 5 nitrogen and oxygen atoms in total. The molecule has 0 aromatic carbocycles. The van der Waals surface area contributed by atoms with E-state index in [-0.39, 0.29) is 35.1 Å². The van der Waals surface area contributed by atoms with Crippen LogP contribution in [-0.2, 0) is 9.59 Å². The molecule has 122 valence electrons. The van der Waals surface area contributed by atoms with Crippen molar-refractivity contribution < 1.29 is 14.7 Å². The van der Waals surface area contributed by atoms with Crippen LogP contribution in [0.25, 0.3) is 0 Å². The number of carbonyl (C=O) groups is 2. The second-order valence-electron chi connectivity index (χ2n) is 7.43. The van der Waals surface area contributed by atoms with Crippen molar-refractivity contribution in [3.05, 3.63) is 0 Å². The van der Waals surface area contributed by atoms with Gasteiger partial charge in [0.25, 0.3) is 0 Å². The molecule has 0 aliphatic heterocycles. The first-order chi connectivity index (χ1) is 9.57. The molecule has 1 aliphatic rings. The number of carboxylic acid groups (broad SMARTS) is 1. The number of amides is 1. The third-order valence-electron chi connectivity index (χ3n) is 5.14. The van der Waals surface area contributed by atoms with Crippen molar-refractivity contribution in [2.45, 2.75) is 66.0 Å². The van der Waals surface area contributed by atoms with Gasteiger partial charge in [0.2, 0.25) is 5.91 Å². The molecule has 0 aromatic rings. The number of carboxylic acids is 1. The quantitative estimate of drug-likeness (QED) is 0.724. The van der Waals surface area contributed by atoms with E-state index in [1.807, 2.05) is 13.8 Å². The summed E-state index contributed by atoms with van der Waals surface area (Å²) < 4.78 is 0. The molecule has 0 heterocycles. The summed E-state index contributed by atoms with van der Waals surface area (Å²) in [5.74, 6) is -0.836. The van der Waals surface area contributed by atoms with Crippen LogP contribution in [0.1, 0.15) is 53.9 Å². The Morgan fingerprint density at radius 3 is 2.38 bits per heavy atom. The van der Waals surface area contributed by atoms with Crippen molar-refractivity contribution in [3.8, 4) is 0 Å². The molecule has 0 spiro atoms. The number of hydrogen-bond acceptors (Lipinski definition) is 3. The van der Waals surface area contributed by atoms with Crippen LogP contribution in [0, 0.1) is 23.2 Å². The Hall–Kier alpha value is -1.10. The highest BCUT2D eigenvalue weighted by Gasteiger charge is 2.45. The first-order valence-electron chi connectivity index (χ1n) is 7.86. The number of aliphatic carboxylic acids is 1. The van der Waals surface area contributed by atoms with E-state index in [2.05, 4.69) is 26.1 Å². The van der Waals surface area contributed by atoms with Crippen LogP contribution in [0.4, 0.5) is 0 Å². The third kappa shape index (κ3) is 4.19. The molecule has 1 rings (SSSR count). The lowest BCUT2D eigenvalue weighted by Crippen LogP contribution is -2.54. The molecule has 1 saturated carbocycles. The zero-order valence-corrected chi connectivity index (χ0v) is 13.8. The van der Waals surface area contributed by atoms with Gasteiger partial charge in [0.1, 0.15) is 6.04 Å². The van der Waals surface area contributed by atoms with Gasteiger partial charge in [-0.1, -0.05) is 34.6 Å². The van der Waals surface area contributed by atoms with Gasteiger partial charge in [0.05, 0.1) is 0 Å². The highest BCUT2D eigenvalue weighted by Crippen LogP contribution is 2.44. The summed E-state index contributed by atoms with van der Waals surface area (Å²) in [5.41, 5.74) is 5.89. The van der Waals surface area contributed by atoms with Crippen molar-refractivity contribution in [2.75, 3.05) is 0 Å². The Balaban J connectivity index is 2.80. The highest BCUT2D eigenvalue weighted by atomic mass is 16.4. The Bertz CT molecular complexity index is 393. The fourth-order valence-corrected chi connectivity index (χ4v) is 3.28. The molecule has 1 fully saturated rings. The molecule has 0 bridgehead atoms. The fraction of sp³-hybridized carbons (Fsp3) is 0.875. The van der Waals surface area contributed by atoms with Gasteiger partial charge in [-0.3, -0.25) is 4.79 Å². The van der Waals surface area contributed by atoms with Gasteiger partial charge in [0.15, 0.2) is 0 Å². The molecule has 4 N–H and O–H groups in total. The van der Waals surface area contributed by atoms with E-state index in [4.69, 9.17) is 5.73 Å². The van der Waals surface area contributed by atoms with E-state index in [9.17, 15) is 14.7 Å². The summed E-state index contributed by atoms with van der Waals surface area (Å²) in [5, 5.41) is 12.0. The standard InChI is InChI=1S/C16H30N2O3/c1-9(2)8-13(15(20)21)18-14(19)11-6-7-12(17)10(3)16(11,4)5/h9-13H,6-8,17H2,1-5H3,(H,18,19)(H,20,21). The van der Waals surface area contributed by atoms with Crippen LogP contribution in [0.3, 0.4) is 0 Å². The molecule has 0 radical (unpaired) electrons. The van der Waals surface area contributed by atoms with Crippen molar-refractivity contribution in [1.82, 2.24) is 5.32 Å². The van der Waals surface area contributed by atoms with E-state index >= 15 is 0 Å². The van der Waals surface area contributed by atoms with E-state index in [0.717, 1.165) is 12.8 Å². The zero-order valence-electron chi connectivity index (χ0n) is 13.8. The third-order valence-corrected chi connectivity index (χ3v) is 5.14. The van der Waals surface area contributed by atoms with Gasteiger partial charge < -0.3 is 16.2 Å². The summed E-state index contributed by atoms with van der Waals surface area (Å²) in [4.78, 5) is 23.8. The summed E-state index contributed by atoms with van der Waals surface area (Å²) in [6, 6.07) is -0.700.